The molecule has 0 aromatic carbocycles. The first kappa shape index (κ1) is 72.7. The molecular weight excluding hydrogens is 959 g/mol. The summed E-state index contributed by atoms with van der Waals surface area (Å²) in [6, 6.07) is 0. The van der Waals surface area contributed by atoms with Gasteiger partial charge in [-0.25, -0.2) is 0 Å². The third-order valence-electron chi connectivity index (χ3n) is 12.7. The maximum Gasteiger partial charge on any atom is 0.306 e. The number of hydrogen-bond acceptors (Lipinski definition) is 8. The van der Waals surface area contributed by atoms with Gasteiger partial charge in [0.2, 0.25) is 0 Å². The van der Waals surface area contributed by atoms with Crippen LogP contribution in [-0.2, 0) is 33.3 Å². The molecule has 0 spiro atoms. The number of likely N-dealkylation sites (N-methyl/N-ethyl adjacent to an activating group) is 1. The highest BCUT2D eigenvalue weighted by molar-refractivity contribution is 5.70. The Balaban J connectivity index is 4.05. The number of aliphatic carboxylic acids is 1. The number of nitrogens with zero attached hydrogens (tertiary/aromatic N) is 1. The van der Waals surface area contributed by atoms with Crippen molar-refractivity contribution < 1.29 is 42.9 Å². The Kier molecular flexibility index (Phi) is 54.6. The Morgan fingerprint density at radius 1 is 0.390 bits per heavy atom. The molecule has 0 radical (unpaired) electrons. The first-order chi connectivity index (χ1) is 37.6. The predicted molar refractivity (Wildman–Crippen MR) is 324 cm³/mol. The monoisotopic (exact) mass is 1070 g/mol. The number of carboxylic acid groups (broad SMARTS) is 1. The van der Waals surface area contributed by atoms with Gasteiger partial charge in [-0.15, -0.1) is 0 Å². The summed E-state index contributed by atoms with van der Waals surface area (Å²) in [7, 11) is 5.90. The molecule has 0 N–H and O–H groups in total. The maximum atomic E-state index is 12.9. The minimum Gasteiger partial charge on any atom is -0.545 e. The fraction of sp³-hybridized carbons (Fsp3) is 0.662. The van der Waals surface area contributed by atoms with E-state index in [9.17, 15) is 19.5 Å². The van der Waals surface area contributed by atoms with Crippen LogP contribution in [0, 0.1) is 0 Å². The van der Waals surface area contributed by atoms with Crippen molar-refractivity contribution in [2.45, 2.75) is 245 Å². The fourth-order valence-electron chi connectivity index (χ4n) is 8.06. The average molecular weight is 1070 g/mol. The van der Waals surface area contributed by atoms with Crippen molar-refractivity contribution in [2.75, 3.05) is 47.5 Å². The number of carbonyl (C=O) groups excluding carboxylic acids is 3. The van der Waals surface area contributed by atoms with Crippen molar-refractivity contribution in [1.82, 2.24) is 0 Å². The molecule has 9 nitrogen and oxygen atoms in total. The van der Waals surface area contributed by atoms with Crippen LogP contribution in [0.3, 0.4) is 0 Å². The summed E-state index contributed by atoms with van der Waals surface area (Å²) in [5.41, 5.74) is 0. The minimum absolute atomic E-state index is 0.139. The maximum absolute atomic E-state index is 12.9. The van der Waals surface area contributed by atoms with Crippen LogP contribution in [0.5, 0.6) is 0 Å². The van der Waals surface area contributed by atoms with Crippen molar-refractivity contribution in [3.63, 3.8) is 0 Å². The number of unbranched alkanes of at least 4 members (excludes halogenated alkanes) is 20. The van der Waals surface area contributed by atoms with Gasteiger partial charge in [0, 0.05) is 12.8 Å². The van der Waals surface area contributed by atoms with Gasteiger partial charge in [-0.3, -0.25) is 9.59 Å². The van der Waals surface area contributed by atoms with Crippen molar-refractivity contribution in [3.05, 3.63) is 122 Å². The van der Waals surface area contributed by atoms with Gasteiger partial charge in [0.25, 0.3) is 0 Å². The van der Waals surface area contributed by atoms with E-state index in [0.717, 1.165) is 103 Å². The zero-order chi connectivity index (χ0) is 56.2. The summed E-state index contributed by atoms with van der Waals surface area (Å²) in [5, 5.41) is 11.8. The standard InChI is InChI=1S/C68H113NO8/c1-6-8-10-12-14-16-18-20-21-22-23-24-25-26-27-28-29-30-31-32-33-34-35-36-37-38-39-40-41-42-43-44-45-47-49-51-53-55-57-59-66(71)77-64(63-76-68(67(72)73)74-61-60-69(3,4)5)62-75-65(70)58-56-54-52-50-48-46-19-17-15-13-11-9-7-2/h8-11,14-17,20-21,23-24,26-27,29-30,32-33,46,48,64,68H,6-7,12-13,18-19,22,25,28,31,34-45,47,49-63H2,1-5H3/b10-8-,11-9-,16-14-,17-15-,21-20-,24-23-,27-26-,30-29-,33-32-,48-46-. The third kappa shape index (κ3) is 59.2. The first-order valence-corrected chi connectivity index (χ1v) is 30.7. The van der Waals surface area contributed by atoms with Crippen LogP contribution in [0.1, 0.15) is 232 Å². The molecule has 2 unspecified atom stereocenters. The SMILES string of the molecule is CC/C=C\C/C=C\C/C=C\C/C=C\C/C=C\C/C=C\C/C=C\CCCCCCCCCCCCCCCCCCCC(=O)OC(COC(=O)CCCCC/C=C\C/C=C\C/C=C\CC)COC(OCC[N+](C)(C)C)C(=O)[O-]. The molecule has 2 atom stereocenters. The van der Waals surface area contributed by atoms with Crippen LogP contribution in [0.4, 0.5) is 0 Å². The second kappa shape index (κ2) is 57.9. The molecule has 0 aliphatic carbocycles. The van der Waals surface area contributed by atoms with E-state index in [1.54, 1.807) is 0 Å². The fourth-order valence-corrected chi connectivity index (χ4v) is 8.06. The molecule has 0 saturated heterocycles. The number of allylic oxidation sites excluding steroid dienone is 20. The van der Waals surface area contributed by atoms with Gasteiger partial charge in [0.05, 0.1) is 40.3 Å². The van der Waals surface area contributed by atoms with Gasteiger partial charge in [0.15, 0.2) is 12.4 Å². The molecular formula is C68H113NO8. The Labute approximate surface area is 472 Å². The second-order valence-corrected chi connectivity index (χ2v) is 21.2. The largest absolute Gasteiger partial charge is 0.545 e. The molecule has 438 valence electrons. The molecule has 0 aromatic rings. The van der Waals surface area contributed by atoms with Crippen molar-refractivity contribution in [3.8, 4) is 0 Å². The van der Waals surface area contributed by atoms with Crippen molar-refractivity contribution in [2.24, 2.45) is 0 Å². The van der Waals surface area contributed by atoms with Crippen LogP contribution in [0.15, 0.2) is 122 Å². The molecule has 0 fully saturated rings. The van der Waals surface area contributed by atoms with E-state index in [0.29, 0.717) is 23.9 Å². The zero-order valence-electron chi connectivity index (χ0n) is 49.8. The van der Waals surface area contributed by atoms with E-state index in [2.05, 4.69) is 135 Å². The molecule has 0 bridgehead atoms. The van der Waals surface area contributed by atoms with Gasteiger partial charge < -0.3 is 33.3 Å². The van der Waals surface area contributed by atoms with Gasteiger partial charge >= 0.3 is 11.9 Å². The topological polar surface area (TPSA) is 111 Å². The summed E-state index contributed by atoms with van der Waals surface area (Å²) in [6.07, 6.45) is 78.5. The van der Waals surface area contributed by atoms with Crippen LogP contribution < -0.4 is 5.11 Å². The Morgan fingerprint density at radius 3 is 1.05 bits per heavy atom. The molecule has 77 heavy (non-hydrogen) atoms. The van der Waals surface area contributed by atoms with E-state index in [1.165, 1.54) is 89.9 Å². The van der Waals surface area contributed by atoms with Crippen LogP contribution in [0.2, 0.25) is 0 Å². The Bertz CT molecular complexity index is 1670. The van der Waals surface area contributed by atoms with Crippen molar-refractivity contribution in [1.29, 1.82) is 0 Å². The lowest BCUT2D eigenvalue weighted by molar-refractivity contribution is -0.870. The van der Waals surface area contributed by atoms with Crippen LogP contribution in [0.25, 0.3) is 0 Å². The van der Waals surface area contributed by atoms with E-state index in [4.69, 9.17) is 18.9 Å². The Morgan fingerprint density at radius 2 is 0.701 bits per heavy atom. The molecule has 0 aliphatic heterocycles. The number of hydrogen-bond donors (Lipinski definition) is 0. The van der Waals surface area contributed by atoms with Gasteiger partial charge in [0.1, 0.15) is 13.2 Å². The number of quaternary nitrogens is 1. The van der Waals surface area contributed by atoms with Gasteiger partial charge in [-0.05, 0) is 103 Å². The first-order valence-electron chi connectivity index (χ1n) is 30.7. The number of carboxylic acids is 1. The van der Waals surface area contributed by atoms with Crippen LogP contribution >= 0.6 is 0 Å². The van der Waals surface area contributed by atoms with Crippen molar-refractivity contribution >= 4 is 17.9 Å². The quantitative estimate of drug-likeness (QED) is 0.0195. The van der Waals surface area contributed by atoms with E-state index in [-0.39, 0.29) is 38.6 Å². The van der Waals surface area contributed by atoms with Crippen LogP contribution in [-0.4, -0.2) is 82.3 Å². The number of rotatable bonds is 55. The third-order valence-corrected chi connectivity index (χ3v) is 12.7. The van der Waals surface area contributed by atoms with Gasteiger partial charge in [-0.1, -0.05) is 238 Å². The summed E-state index contributed by atoms with van der Waals surface area (Å²) < 4.78 is 22.6. The lowest BCUT2D eigenvalue weighted by Crippen LogP contribution is -2.44. The molecule has 9 heteroatoms. The molecule has 0 heterocycles. The van der Waals surface area contributed by atoms with Gasteiger partial charge in [-0.2, -0.15) is 0 Å². The molecule has 0 aliphatic rings. The number of carbonyl (C=O) groups is 3. The highest BCUT2D eigenvalue weighted by atomic mass is 16.7. The Hall–Kier alpha value is -4.31. The highest BCUT2D eigenvalue weighted by Gasteiger charge is 2.22. The normalized spacial score (nSPS) is 13.6. The summed E-state index contributed by atoms with van der Waals surface area (Å²) in [5.74, 6) is -2.33. The predicted octanol–water partition coefficient (Wildman–Crippen LogP) is 17.1. The summed E-state index contributed by atoms with van der Waals surface area (Å²) in [4.78, 5) is 37.2. The second-order valence-electron chi connectivity index (χ2n) is 21.2. The zero-order valence-corrected chi connectivity index (χ0v) is 49.8. The van der Waals surface area contributed by atoms with E-state index >= 15 is 0 Å². The van der Waals surface area contributed by atoms with E-state index < -0.39 is 24.3 Å². The smallest absolute Gasteiger partial charge is 0.306 e. The molecule has 0 aromatic heterocycles. The summed E-state index contributed by atoms with van der Waals surface area (Å²) in [6.45, 7) is 4.47. The molecule has 0 saturated carbocycles. The number of ether oxygens (including phenoxy) is 4. The highest BCUT2D eigenvalue weighted by Crippen LogP contribution is 2.16. The average Bonchev–Trinajstić information content (AvgIpc) is 3.40. The molecule has 0 rings (SSSR count). The molecule has 0 amide bonds. The number of esters is 2. The lowest BCUT2D eigenvalue weighted by atomic mass is 10.0. The minimum atomic E-state index is -1.63. The van der Waals surface area contributed by atoms with E-state index in [1.807, 2.05) is 21.1 Å². The summed E-state index contributed by atoms with van der Waals surface area (Å²) >= 11 is 0. The lowest BCUT2D eigenvalue weighted by Gasteiger charge is -2.26.